The molecule has 1 aromatic rings. The second-order valence-corrected chi connectivity index (χ2v) is 3.95. The van der Waals surface area contributed by atoms with Crippen molar-refractivity contribution in [2.75, 3.05) is 24.3 Å². The van der Waals surface area contributed by atoms with Crippen LogP contribution in [0.5, 0.6) is 0 Å². The molecule has 4 nitrogen and oxygen atoms in total. The Labute approximate surface area is 89.8 Å². The van der Waals surface area contributed by atoms with Crippen molar-refractivity contribution in [1.29, 1.82) is 0 Å². The molecule has 4 heteroatoms. The van der Waals surface area contributed by atoms with Gasteiger partial charge in [-0.3, -0.25) is 0 Å². The molecule has 2 rings (SSSR count). The number of aryl methyl sites for hydroxylation is 1. The van der Waals surface area contributed by atoms with Crippen molar-refractivity contribution >= 4 is 11.5 Å². The number of hydrogen-bond acceptors (Lipinski definition) is 4. The molecular formula is C11H17N3O. The van der Waals surface area contributed by atoms with E-state index in [9.17, 15) is 0 Å². The lowest BCUT2D eigenvalue weighted by Gasteiger charge is -2.24. The van der Waals surface area contributed by atoms with Crippen molar-refractivity contribution in [3.63, 3.8) is 0 Å². The molecule has 82 valence electrons. The van der Waals surface area contributed by atoms with Gasteiger partial charge in [-0.05, 0) is 31.4 Å². The van der Waals surface area contributed by atoms with Crippen molar-refractivity contribution in [3.05, 3.63) is 17.8 Å². The highest BCUT2D eigenvalue weighted by molar-refractivity contribution is 5.65. The van der Waals surface area contributed by atoms with Crippen molar-refractivity contribution in [3.8, 4) is 0 Å². The van der Waals surface area contributed by atoms with Crippen LogP contribution >= 0.6 is 0 Å². The van der Waals surface area contributed by atoms with E-state index >= 15 is 0 Å². The summed E-state index contributed by atoms with van der Waals surface area (Å²) in [5.74, 6) is 0.783. The van der Waals surface area contributed by atoms with Gasteiger partial charge in [-0.15, -0.1) is 0 Å². The first-order chi connectivity index (χ1) is 7.27. The average Bonchev–Trinajstić information content (AvgIpc) is 2.26. The largest absolute Gasteiger partial charge is 0.396 e. The van der Waals surface area contributed by atoms with Crippen LogP contribution in [-0.4, -0.2) is 24.2 Å². The fraction of sp³-hybridized carbons (Fsp3) is 0.545. The Bertz CT molecular complexity index is 335. The summed E-state index contributed by atoms with van der Waals surface area (Å²) in [5.41, 5.74) is 7.73. The zero-order valence-electron chi connectivity index (χ0n) is 8.99. The predicted octanol–water partition coefficient (Wildman–Crippen LogP) is 1.56. The molecule has 1 aliphatic rings. The van der Waals surface area contributed by atoms with Gasteiger partial charge in [0.15, 0.2) is 0 Å². The summed E-state index contributed by atoms with van der Waals surface area (Å²) in [7, 11) is 0. The van der Waals surface area contributed by atoms with Gasteiger partial charge >= 0.3 is 0 Å². The van der Waals surface area contributed by atoms with Gasteiger partial charge in [-0.2, -0.15) is 0 Å². The van der Waals surface area contributed by atoms with Crippen LogP contribution in [0, 0.1) is 6.92 Å². The molecule has 1 fully saturated rings. The van der Waals surface area contributed by atoms with Gasteiger partial charge < -0.3 is 15.8 Å². The number of nitrogens with two attached hydrogens (primary N) is 1. The highest BCUT2D eigenvalue weighted by Gasteiger charge is 2.15. The Morgan fingerprint density at radius 1 is 1.60 bits per heavy atom. The van der Waals surface area contributed by atoms with E-state index < -0.39 is 0 Å². The first kappa shape index (κ1) is 10.2. The molecule has 1 saturated heterocycles. The maximum absolute atomic E-state index is 5.93. The monoisotopic (exact) mass is 207 g/mol. The van der Waals surface area contributed by atoms with Crippen LogP contribution in [-0.2, 0) is 4.74 Å². The topological polar surface area (TPSA) is 60.2 Å². The van der Waals surface area contributed by atoms with Crippen LogP contribution in [0.3, 0.4) is 0 Å². The van der Waals surface area contributed by atoms with E-state index in [0.29, 0.717) is 6.04 Å². The highest BCUT2D eigenvalue weighted by Crippen LogP contribution is 2.21. The lowest BCUT2D eigenvalue weighted by Crippen LogP contribution is -2.30. The summed E-state index contributed by atoms with van der Waals surface area (Å²) in [6.45, 7) is 3.60. The Morgan fingerprint density at radius 2 is 2.47 bits per heavy atom. The Hall–Kier alpha value is -1.29. The van der Waals surface area contributed by atoms with Crippen LogP contribution in [0.4, 0.5) is 11.5 Å². The van der Waals surface area contributed by atoms with Gasteiger partial charge in [0.05, 0.1) is 18.3 Å². The van der Waals surface area contributed by atoms with Crippen LogP contribution in [0.25, 0.3) is 0 Å². The number of nitrogen functional groups attached to an aromatic ring is 1. The number of nitrogens with one attached hydrogen (secondary N) is 1. The van der Waals surface area contributed by atoms with Crippen LogP contribution < -0.4 is 11.1 Å². The minimum atomic E-state index is 0.343. The third-order valence-electron chi connectivity index (χ3n) is 2.71. The normalized spacial score (nSPS) is 21.3. The maximum Gasteiger partial charge on any atom is 0.149 e. The molecule has 1 aromatic heterocycles. The molecule has 0 bridgehead atoms. The molecule has 3 N–H and O–H groups in total. The van der Waals surface area contributed by atoms with Gasteiger partial charge in [-0.1, -0.05) is 0 Å². The molecule has 1 unspecified atom stereocenters. The van der Waals surface area contributed by atoms with Crippen molar-refractivity contribution in [2.45, 2.75) is 25.8 Å². The molecule has 0 spiro atoms. The molecule has 1 aliphatic heterocycles. The average molecular weight is 207 g/mol. The van der Waals surface area contributed by atoms with Crippen molar-refractivity contribution in [2.24, 2.45) is 0 Å². The third kappa shape index (κ3) is 2.39. The molecule has 0 radical (unpaired) electrons. The van der Waals surface area contributed by atoms with E-state index in [-0.39, 0.29) is 0 Å². The summed E-state index contributed by atoms with van der Waals surface area (Å²) < 4.78 is 5.39. The Kier molecular flexibility index (Phi) is 3.06. The molecule has 15 heavy (non-hydrogen) atoms. The van der Waals surface area contributed by atoms with E-state index in [2.05, 4.69) is 10.3 Å². The van der Waals surface area contributed by atoms with Crippen LogP contribution in [0.15, 0.2) is 12.3 Å². The molecular weight excluding hydrogens is 190 g/mol. The van der Waals surface area contributed by atoms with Gasteiger partial charge in [0.2, 0.25) is 0 Å². The summed E-state index contributed by atoms with van der Waals surface area (Å²) >= 11 is 0. The van der Waals surface area contributed by atoms with Crippen LogP contribution in [0.1, 0.15) is 18.4 Å². The summed E-state index contributed by atoms with van der Waals surface area (Å²) in [6, 6.07) is 2.26. The summed E-state index contributed by atoms with van der Waals surface area (Å²) in [6.07, 6.45) is 4.00. The molecule has 1 atom stereocenters. The van der Waals surface area contributed by atoms with E-state index in [4.69, 9.17) is 10.5 Å². The lowest BCUT2D eigenvalue weighted by atomic mass is 10.1. The molecule has 0 saturated carbocycles. The zero-order valence-corrected chi connectivity index (χ0v) is 8.99. The van der Waals surface area contributed by atoms with E-state index in [1.165, 1.54) is 0 Å². The minimum absolute atomic E-state index is 0.343. The third-order valence-corrected chi connectivity index (χ3v) is 2.71. The van der Waals surface area contributed by atoms with Crippen molar-refractivity contribution in [1.82, 2.24) is 4.98 Å². The second-order valence-electron chi connectivity index (χ2n) is 3.95. The number of pyridine rings is 1. The fourth-order valence-electron chi connectivity index (χ4n) is 1.73. The molecule has 0 amide bonds. The van der Waals surface area contributed by atoms with Gasteiger partial charge in [0.25, 0.3) is 0 Å². The standard InChI is InChI=1S/C11H17N3O/c1-8-4-5-13-11(10(8)12)14-9-3-2-6-15-7-9/h4-5,9H,2-3,6-7,12H2,1H3,(H,13,14). The van der Waals surface area contributed by atoms with Gasteiger partial charge in [-0.25, -0.2) is 4.98 Å². The molecule has 0 aromatic carbocycles. The number of ether oxygens (including phenoxy) is 1. The van der Waals surface area contributed by atoms with Crippen LogP contribution in [0.2, 0.25) is 0 Å². The maximum atomic E-state index is 5.93. The number of nitrogens with zero attached hydrogens (tertiary/aromatic N) is 1. The quantitative estimate of drug-likeness (QED) is 0.772. The number of rotatable bonds is 2. The second kappa shape index (κ2) is 4.49. The Morgan fingerprint density at radius 3 is 3.20 bits per heavy atom. The first-order valence-corrected chi connectivity index (χ1v) is 5.33. The predicted molar refractivity (Wildman–Crippen MR) is 60.9 cm³/mol. The van der Waals surface area contributed by atoms with Gasteiger partial charge in [0, 0.05) is 12.8 Å². The SMILES string of the molecule is Cc1ccnc(NC2CCCOC2)c1N. The van der Waals surface area contributed by atoms with Crippen molar-refractivity contribution < 1.29 is 4.74 Å². The molecule has 2 heterocycles. The number of hydrogen-bond donors (Lipinski definition) is 2. The van der Waals surface area contributed by atoms with E-state index in [1.807, 2.05) is 13.0 Å². The first-order valence-electron chi connectivity index (χ1n) is 5.33. The van der Waals surface area contributed by atoms with E-state index in [1.54, 1.807) is 6.20 Å². The number of aromatic nitrogens is 1. The summed E-state index contributed by atoms with van der Waals surface area (Å²) in [5, 5.41) is 3.33. The summed E-state index contributed by atoms with van der Waals surface area (Å²) in [4.78, 5) is 4.24. The van der Waals surface area contributed by atoms with E-state index in [0.717, 1.165) is 43.1 Å². The highest BCUT2D eigenvalue weighted by atomic mass is 16.5. The fourth-order valence-corrected chi connectivity index (χ4v) is 1.73. The Balaban J connectivity index is 2.06. The molecule has 0 aliphatic carbocycles. The minimum Gasteiger partial charge on any atom is -0.396 e. The smallest absolute Gasteiger partial charge is 0.149 e. The number of anilines is 2. The zero-order chi connectivity index (χ0) is 10.7. The van der Waals surface area contributed by atoms with Gasteiger partial charge in [0.1, 0.15) is 5.82 Å². The lowest BCUT2D eigenvalue weighted by molar-refractivity contribution is 0.0875.